The number of pyridine rings is 1. The fourth-order valence-electron chi connectivity index (χ4n) is 1.32. The molecule has 1 heterocycles. The first-order valence-electron chi connectivity index (χ1n) is 5.20. The van der Waals surface area contributed by atoms with Crippen molar-refractivity contribution in [2.75, 3.05) is 18.9 Å². The molecule has 2 N–H and O–H groups in total. The zero-order valence-electron chi connectivity index (χ0n) is 9.27. The van der Waals surface area contributed by atoms with Gasteiger partial charge in [0.15, 0.2) is 6.29 Å². The second-order valence-electron chi connectivity index (χ2n) is 3.08. The molecule has 4 nitrogen and oxygen atoms in total. The summed E-state index contributed by atoms with van der Waals surface area (Å²) >= 11 is 0. The van der Waals surface area contributed by atoms with E-state index in [1.54, 1.807) is 6.20 Å². The van der Waals surface area contributed by atoms with Gasteiger partial charge in [0.1, 0.15) is 0 Å². The number of aromatic nitrogens is 1. The Kier molecular flexibility index (Phi) is 5.07. The Balaban J connectivity index is 2.60. The van der Waals surface area contributed by atoms with Crippen molar-refractivity contribution in [2.45, 2.75) is 26.6 Å². The standard InChI is InChI=1S/C11H18N2O2/c1-3-14-11(15-4-2)8-10-9(12)6-5-7-13-10/h5-7,11H,3-4,8,12H2,1-2H3. The topological polar surface area (TPSA) is 57.4 Å². The molecular weight excluding hydrogens is 192 g/mol. The molecule has 0 atom stereocenters. The summed E-state index contributed by atoms with van der Waals surface area (Å²) in [5.74, 6) is 0. The lowest BCUT2D eigenvalue weighted by Gasteiger charge is -2.16. The summed E-state index contributed by atoms with van der Waals surface area (Å²) in [4.78, 5) is 4.20. The van der Waals surface area contributed by atoms with E-state index in [1.165, 1.54) is 0 Å². The van der Waals surface area contributed by atoms with Crippen LogP contribution in [0, 0.1) is 0 Å². The Labute approximate surface area is 90.4 Å². The average molecular weight is 210 g/mol. The summed E-state index contributed by atoms with van der Waals surface area (Å²) in [6.45, 7) is 5.12. The molecule has 0 unspecified atom stereocenters. The predicted molar refractivity (Wildman–Crippen MR) is 59.4 cm³/mol. The molecule has 0 saturated heterocycles. The molecule has 1 aromatic heterocycles. The van der Waals surface area contributed by atoms with Crippen molar-refractivity contribution in [3.8, 4) is 0 Å². The maximum atomic E-state index is 5.79. The van der Waals surface area contributed by atoms with Gasteiger partial charge in [-0.15, -0.1) is 0 Å². The summed E-state index contributed by atoms with van der Waals surface area (Å²) in [7, 11) is 0. The molecule has 0 aliphatic heterocycles. The Morgan fingerprint density at radius 1 is 1.33 bits per heavy atom. The van der Waals surface area contributed by atoms with Crippen LogP contribution >= 0.6 is 0 Å². The fraction of sp³-hybridized carbons (Fsp3) is 0.545. The van der Waals surface area contributed by atoms with Crippen molar-refractivity contribution in [1.29, 1.82) is 0 Å². The minimum atomic E-state index is -0.253. The highest BCUT2D eigenvalue weighted by Crippen LogP contribution is 2.11. The third kappa shape index (κ3) is 3.85. The number of hydrogen-bond donors (Lipinski definition) is 1. The Hall–Kier alpha value is -1.13. The van der Waals surface area contributed by atoms with Crippen LogP contribution in [0.25, 0.3) is 0 Å². The zero-order valence-corrected chi connectivity index (χ0v) is 9.27. The Morgan fingerprint density at radius 2 is 2.00 bits per heavy atom. The molecule has 0 aliphatic carbocycles. The van der Waals surface area contributed by atoms with Gasteiger partial charge in [0.05, 0.1) is 11.4 Å². The molecule has 15 heavy (non-hydrogen) atoms. The van der Waals surface area contributed by atoms with E-state index in [1.807, 2.05) is 26.0 Å². The van der Waals surface area contributed by atoms with Crippen LogP contribution in [-0.4, -0.2) is 24.5 Å². The molecule has 1 aromatic rings. The maximum Gasteiger partial charge on any atom is 0.163 e. The van der Waals surface area contributed by atoms with Crippen LogP contribution in [-0.2, 0) is 15.9 Å². The Morgan fingerprint density at radius 3 is 2.53 bits per heavy atom. The normalized spacial score (nSPS) is 10.9. The first-order chi connectivity index (χ1) is 7.27. The van der Waals surface area contributed by atoms with Gasteiger partial charge in [-0.05, 0) is 26.0 Å². The van der Waals surface area contributed by atoms with Crippen molar-refractivity contribution in [2.24, 2.45) is 0 Å². The average Bonchev–Trinajstić information content (AvgIpc) is 2.22. The lowest BCUT2D eigenvalue weighted by atomic mass is 10.2. The first kappa shape index (κ1) is 11.9. The van der Waals surface area contributed by atoms with Gasteiger partial charge in [0.25, 0.3) is 0 Å². The molecule has 0 saturated carbocycles. The number of nitrogen functional groups attached to an aromatic ring is 1. The largest absolute Gasteiger partial charge is 0.397 e. The highest BCUT2D eigenvalue weighted by molar-refractivity contribution is 5.41. The number of anilines is 1. The van der Waals surface area contributed by atoms with Crippen LogP contribution in [0.1, 0.15) is 19.5 Å². The van der Waals surface area contributed by atoms with E-state index in [0.29, 0.717) is 25.3 Å². The van der Waals surface area contributed by atoms with E-state index < -0.39 is 0 Å². The summed E-state index contributed by atoms with van der Waals surface area (Å²) in [5.41, 5.74) is 7.29. The van der Waals surface area contributed by atoms with Gasteiger partial charge in [-0.3, -0.25) is 4.98 Å². The predicted octanol–water partition coefficient (Wildman–Crippen LogP) is 1.61. The quantitative estimate of drug-likeness (QED) is 0.725. The third-order valence-electron chi connectivity index (χ3n) is 1.99. The summed E-state index contributed by atoms with van der Waals surface area (Å²) in [6.07, 6.45) is 2.06. The van der Waals surface area contributed by atoms with Gasteiger partial charge < -0.3 is 15.2 Å². The number of ether oxygens (including phenoxy) is 2. The van der Waals surface area contributed by atoms with Crippen LogP contribution in [0.15, 0.2) is 18.3 Å². The molecule has 0 radical (unpaired) electrons. The van der Waals surface area contributed by atoms with Crippen LogP contribution in [0.5, 0.6) is 0 Å². The zero-order chi connectivity index (χ0) is 11.1. The first-order valence-corrected chi connectivity index (χ1v) is 5.20. The van der Waals surface area contributed by atoms with Gasteiger partial charge in [0, 0.05) is 25.8 Å². The minimum Gasteiger partial charge on any atom is -0.397 e. The van der Waals surface area contributed by atoms with Crippen molar-refractivity contribution < 1.29 is 9.47 Å². The number of hydrogen-bond acceptors (Lipinski definition) is 4. The molecule has 4 heteroatoms. The van der Waals surface area contributed by atoms with Crippen LogP contribution in [0.2, 0.25) is 0 Å². The second kappa shape index (κ2) is 6.37. The second-order valence-corrected chi connectivity index (χ2v) is 3.08. The third-order valence-corrected chi connectivity index (χ3v) is 1.99. The van der Waals surface area contributed by atoms with Crippen molar-refractivity contribution in [3.63, 3.8) is 0 Å². The van der Waals surface area contributed by atoms with Crippen LogP contribution in [0.4, 0.5) is 5.69 Å². The summed E-state index contributed by atoms with van der Waals surface area (Å²) in [6, 6.07) is 3.65. The maximum absolute atomic E-state index is 5.79. The summed E-state index contributed by atoms with van der Waals surface area (Å²) in [5, 5.41) is 0. The smallest absolute Gasteiger partial charge is 0.163 e. The van der Waals surface area contributed by atoms with Gasteiger partial charge in [0.2, 0.25) is 0 Å². The molecule has 0 aliphatic rings. The van der Waals surface area contributed by atoms with E-state index in [9.17, 15) is 0 Å². The molecule has 0 fully saturated rings. The van der Waals surface area contributed by atoms with Gasteiger partial charge >= 0.3 is 0 Å². The SMILES string of the molecule is CCOC(Cc1ncccc1N)OCC. The van der Waals surface area contributed by atoms with E-state index in [0.717, 1.165) is 5.69 Å². The molecule has 0 aromatic carbocycles. The lowest BCUT2D eigenvalue weighted by Crippen LogP contribution is -2.21. The van der Waals surface area contributed by atoms with E-state index >= 15 is 0 Å². The molecule has 0 amide bonds. The van der Waals surface area contributed by atoms with Crippen LogP contribution in [0.3, 0.4) is 0 Å². The molecule has 0 bridgehead atoms. The molecular formula is C11H18N2O2. The summed E-state index contributed by atoms with van der Waals surface area (Å²) < 4.78 is 10.8. The number of rotatable bonds is 6. The van der Waals surface area contributed by atoms with E-state index in [4.69, 9.17) is 15.2 Å². The van der Waals surface area contributed by atoms with Crippen molar-refractivity contribution in [1.82, 2.24) is 4.98 Å². The lowest BCUT2D eigenvalue weighted by molar-refractivity contribution is -0.134. The molecule has 1 rings (SSSR count). The number of nitrogens with two attached hydrogens (primary N) is 1. The Bertz CT molecular complexity index is 286. The molecule has 84 valence electrons. The van der Waals surface area contributed by atoms with Crippen LogP contribution < -0.4 is 5.73 Å². The highest BCUT2D eigenvalue weighted by atomic mass is 16.7. The number of nitrogens with zero attached hydrogens (tertiary/aromatic N) is 1. The van der Waals surface area contributed by atoms with Gasteiger partial charge in [-0.25, -0.2) is 0 Å². The van der Waals surface area contributed by atoms with Crippen molar-refractivity contribution in [3.05, 3.63) is 24.0 Å². The minimum absolute atomic E-state index is 0.253. The molecule has 0 spiro atoms. The fourth-order valence-corrected chi connectivity index (χ4v) is 1.32. The monoisotopic (exact) mass is 210 g/mol. The van der Waals surface area contributed by atoms with Gasteiger partial charge in [-0.1, -0.05) is 0 Å². The van der Waals surface area contributed by atoms with E-state index in [-0.39, 0.29) is 6.29 Å². The van der Waals surface area contributed by atoms with E-state index in [2.05, 4.69) is 4.98 Å². The van der Waals surface area contributed by atoms with Gasteiger partial charge in [-0.2, -0.15) is 0 Å². The van der Waals surface area contributed by atoms with Crippen molar-refractivity contribution >= 4 is 5.69 Å². The highest BCUT2D eigenvalue weighted by Gasteiger charge is 2.11.